The molecule has 1 heterocycles. The van der Waals surface area contributed by atoms with Crippen molar-refractivity contribution in [3.63, 3.8) is 0 Å². The molecule has 1 fully saturated rings. The zero-order chi connectivity index (χ0) is 20.3. The van der Waals surface area contributed by atoms with E-state index in [1.165, 1.54) is 23.1 Å². The Bertz CT molecular complexity index is 901. The lowest BCUT2D eigenvalue weighted by Gasteiger charge is -2.36. The Morgan fingerprint density at radius 1 is 1.21 bits per heavy atom. The first-order valence-corrected chi connectivity index (χ1v) is 11.4. The first-order chi connectivity index (χ1) is 13.3. The van der Waals surface area contributed by atoms with Gasteiger partial charge in [0.25, 0.3) is 10.0 Å². The van der Waals surface area contributed by atoms with Crippen molar-refractivity contribution in [3.8, 4) is 0 Å². The maximum atomic E-state index is 13.3. The third-order valence-corrected chi connectivity index (χ3v) is 8.16. The van der Waals surface area contributed by atoms with Crippen molar-refractivity contribution in [2.45, 2.75) is 42.0 Å². The van der Waals surface area contributed by atoms with Crippen LogP contribution in [0.5, 0.6) is 0 Å². The lowest BCUT2D eigenvalue weighted by Crippen LogP contribution is -2.50. The number of anilines is 1. The van der Waals surface area contributed by atoms with E-state index >= 15 is 0 Å². The van der Waals surface area contributed by atoms with Crippen molar-refractivity contribution in [2.75, 3.05) is 17.9 Å². The van der Waals surface area contributed by atoms with Crippen LogP contribution in [0.15, 0.2) is 46.0 Å². The molecule has 6 nitrogen and oxygen atoms in total. The number of sulfonamides is 1. The quantitative estimate of drug-likeness (QED) is 0.771. The van der Waals surface area contributed by atoms with Crippen LogP contribution in [-0.4, -0.2) is 50.1 Å². The standard InChI is InChI=1S/C19H23FN2O4S2/c1-21(16-5-2-3-6-17(16)23)18(24)13-22(15-10-8-14(20)9-11-15)28(25,26)19-7-4-12-27-19/h4,7-12,16-17,23H,2-3,5-6,13H2,1H3. The van der Waals surface area contributed by atoms with E-state index in [4.69, 9.17) is 0 Å². The molecular formula is C19H23FN2O4S2. The summed E-state index contributed by atoms with van der Waals surface area (Å²) in [4.78, 5) is 14.3. The molecule has 0 radical (unpaired) electrons. The number of benzene rings is 1. The summed E-state index contributed by atoms with van der Waals surface area (Å²) < 4.78 is 40.6. The van der Waals surface area contributed by atoms with Gasteiger partial charge in [-0.05, 0) is 48.6 Å². The highest BCUT2D eigenvalue weighted by Crippen LogP contribution is 2.28. The third kappa shape index (κ3) is 4.37. The Hall–Kier alpha value is -1.97. The molecule has 1 amide bonds. The van der Waals surface area contributed by atoms with Gasteiger partial charge in [-0.3, -0.25) is 9.10 Å². The second-order valence-electron chi connectivity index (χ2n) is 6.84. The van der Waals surface area contributed by atoms with Crippen LogP contribution in [0.4, 0.5) is 10.1 Å². The van der Waals surface area contributed by atoms with Crippen molar-refractivity contribution < 1.29 is 22.7 Å². The number of nitrogens with zero attached hydrogens (tertiary/aromatic N) is 2. The average Bonchev–Trinajstić information content (AvgIpc) is 3.22. The summed E-state index contributed by atoms with van der Waals surface area (Å²) in [6.07, 6.45) is 2.51. The van der Waals surface area contributed by atoms with Crippen molar-refractivity contribution in [3.05, 3.63) is 47.6 Å². The summed E-state index contributed by atoms with van der Waals surface area (Å²) in [6.45, 7) is -0.425. The SMILES string of the molecule is CN(C(=O)CN(c1ccc(F)cc1)S(=O)(=O)c1cccs1)C1CCCCC1O. The Morgan fingerprint density at radius 2 is 1.89 bits per heavy atom. The largest absolute Gasteiger partial charge is 0.391 e. The number of aliphatic hydroxyl groups is 1. The normalized spacial score (nSPS) is 20.0. The summed E-state index contributed by atoms with van der Waals surface area (Å²) in [6, 6.07) is 7.74. The molecule has 1 aromatic carbocycles. The summed E-state index contributed by atoms with van der Waals surface area (Å²) >= 11 is 1.05. The topological polar surface area (TPSA) is 77.9 Å². The van der Waals surface area contributed by atoms with Gasteiger partial charge in [-0.25, -0.2) is 12.8 Å². The Morgan fingerprint density at radius 3 is 2.50 bits per heavy atom. The number of carbonyl (C=O) groups is 1. The Labute approximate surface area is 168 Å². The molecule has 1 N–H and O–H groups in total. The highest BCUT2D eigenvalue weighted by molar-refractivity contribution is 7.94. The molecule has 0 aliphatic heterocycles. The van der Waals surface area contributed by atoms with Crippen LogP contribution in [0.25, 0.3) is 0 Å². The van der Waals surface area contributed by atoms with Crippen molar-refractivity contribution in [2.24, 2.45) is 0 Å². The van der Waals surface area contributed by atoms with E-state index in [1.807, 2.05) is 0 Å². The van der Waals surface area contributed by atoms with Crippen LogP contribution >= 0.6 is 11.3 Å². The van der Waals surface area contributed by atoms with E-state index in [0.29, 0.717) is 12.8 Å². The number of likely N-dealkylation sites (N-methyl/N-ethyl adjacent to an activating group) is 1. The van der Waals surface area contributed by atoms with Gasteiger partial charge < -0.3 is 10.0 Å². The van der Waals surface area contributed by atoms with Gasteiger partial charge in [-0.15, -0.1) is 11.3 Å². The fourth-order valence-corrected chi connectivity index (χ4v) is 5.92. The van der Waals surface area contributed by atoms with Crippen LogP contribution in [0.3, 0.4) is 0 Å². The van der Waals surface area contributed by atoms with Gasteiger partial charge in [-0.2, -0.15) is 0 Å². The smallest absolute Gasteiger partial charge is 0.274 e. The Balaban J connectivity index is 1.89. The van der Waals surface area contributed by atoms with Crippen molar-refractivity contribution >= 4 is 33.0 Å². The summed E-state index contributed by atoms with van der Waals surface area (Å²) in [7, 11) is -2.39. The molecule has 2 atom stereocenters. The van der Waals surface area contributed by atoms with Crippen LogP contribution in [0.1, 0.15) is 25.7 Å². The number of rotatable bonds is 6. The molecule has 1 saturated carbocycles. The maximum absolute atomic E-state index is 13.3. The van der Waals surface area contributed by atoms with Crippen LogP contribution in [0.2, 0.25) is 0 Å². The molecule has 2 aromatic rings. The molecule has 28 heavy (non-hydrogen) atoms. The molecule has 152 valence electrons. The lowest BCUT2D eigenvalue weighted by molar-refractivity contribution is -0.133. The van der Waals surface area contributed by atoms with E-state index in [0.717, 1.165) is 40.6 Å². The number of aliphatic hydroxyl groups excluding tert-OH is 1. The number of amides is 1. The second kappa shape index (κ2) is 8.59. The van der Waals surface area contributed by atoms with E-state index in [9.17, 15) is 22.7 Å². The minimum atomic E-state index is -3.98. The first-order valence-electron chi connectivity index (χ1n) is 9.06. The number of carbonyl (C=O) groups excluding carboxylic acids is 1. The molecular weight excluding hydrogens is 403 g/mol. The monoisotopic (exact) mass is 426 g/mol. The number of hydrogen-bond acceptors (Lipinski definition) is 5. The van der Waals surface area contributed by atoms with E-state index in [2.05, 4.69) is 0 Å². The molecule has 0 bridgehead atoms. The summed E-state index contributed by atoms with van der Waals surface area (Å²) in [5.41, 5.74) is 0.209. The number of halogens is 1. The minimum Gasteiger partial charge on any atom is -0.391 e. The van der Waals surface area contributed by atoms with Gasteiger partial charge in [-0.1, -0.05) is 18.9 Å². The predicted molar refractivity (Wildman–Crippen MR) is 106 cm³/mol. The van der Waals surface area contributed by atoms with Gasteiger partial charge >= 0.3 is 0 Å². The molecule has 0 spiro atoms. The number of hydrogen-bond donors (Lipinski definition) is 1. The molecule has 3 rings (SSSR count). The molecule has 1 aliphatic carbocycles. The zero-order valence-corrected chi connectivity index (χ0v) is 17.1. The molecule has 1 aliphatic rings. The molecule has 1 aromatic heterocycles. The molecule has 2 unspecified atom stereocenters. The van der Waals surface area contributed by atoms with Gasteiger partial charge in [0.15, 0.2) is 0 Å². The van der Waals surface area contributed by atoms with E-state index < -0.39 is 34.4 Å². The Kier molecular flexibility index (Phi) is 6.36. The maximum Gasteiger partial charge on any atom is 0.274 e. The number of thiophene rings is 1. The first kappa shape index (κ1) is 20.8. The van der Waals surface area contributed by atoms with E-state index in [1.54, 1.807) is 18.5 Å². The van der Waals surface area contributed by atoms with Crippen molar-refractivity contribution in [1.29, 1.82) is 0 Å². The fourth-order valence-electron chi connectivity index (χ4n) is 3.40. The molecule has 0 saturated heterocycles. The van der Waals surface area contributed by atoms with Gasteiger partial charge in [0.1, 0.15) is 16.6 Å². The van der Waals surface area contributed by atoms with E-state index in [-0.39, 0.29) is 15.9 Å². The summed E-state index contributed by atoms with van der Waals surface area (Å²) in [5.74, 6) is -0.915. The molecule has 9 heteroatoms. The van der Waals surface area contributed by atoms with Crippen molar-refractivity contribution in [1.82, 2.24) is 4.90 Å². The highest BCUT2D eigenvalue weighted by atomic mass is 32.2. The van der Waals surface area contributed by atoms with Gasteiger partial charge in [0, 0.05) is 7.05 Å². The average molecular weight is 427 g/mol. The minimum absolute atomic E-state index is 0.102. The van der Waals surface area contributed by atoms with Crippen LogP contribution in [-0.2, 0) is 14.8 Å². The van der Waals surface area contributed by atoms with Gasteiger partial charge in [0.2, 0.25) is 5.91 Å². The fraction of sp³-hybridized carbons (Fsp3) is 0.421. The highest BCUT2D eigenvalue weighted by Gasteiger charge is 2.33. The van der Waals surface area contributed by atoms with Gasteiger partial charge in [0.05, 0.1) is 17.8 Å². The van der Waals surface area contributed by atoms with Crippen LogP contribution in [0, 0.1) is 5.82 Å². The lowest BCUT2D eigenvalue weighted by atomic mass is 9.91. The second-order valence-corrected chi connectivity index (χ2v) is 9.88. The third-order valence-electron chi connectivity index (χ3n) is 5.02. The predicted octanol–water partition coefficient (Wildman–Crippen LogP) is 2.84. The zero-order valence-electron chi connectivity index (χ0n) is 15.5. The summed E-state index contributed by atoms with van der Waals surface area (Å²) in [5, 5.41) is 11.9. The van der Waals surface area contributed by atoms with Crippen LogP contribution < -0.4 is 4.31 Å².